The highest BCUT2D eigenvalue weighted by Gasteiger charge is 2.21. The van der Waals surface area contributed by atoms with Gasteiger partial charge in [0.2, 0.25) is 0 Å². The van der Waals surface area contributed by atoms with Crippen molar-refractivity contribution in [1.82, 2.24) is 0 Å². The van der Waals surface area contributed by atoms with Crippen LogP contribution in [0.15, 0.2) is 23.1 Å². The van der Waals surface area contributed by atoms with Gasteiger partial charge in [0, 0.05) is 0 Å². The van der Waals surface area contributed by atoms with Crippen LogP contribution in [-0.4, -0.2) is 13.7 Å². The lowest BCUT2D eigenvalue weighted by molar-refractivity contribution is 0.587. The van der Waals surface area contributed by atoms with Crippen LogP contribution >= 0.6 is 11.6 Å². The smallest absolute Gasteiger partial charge is 0.182 e. The van der Waals surface area contributed by atoms with Crippen molar-refractivity contribution in [3.63, 3.8) is 0 Å². The van der Waals surface area contributed by atoms with Gasteiger partial charge in [-0.05, 0) is 38.5 Å². The van der Waals surface area contributed by atoms with Crippen molar-refractivity contribution in [3.8, 4) is 0 Å². The zero-order valence-electron chi connectivity index (χ0n) is 8.41. The van der Waals surface area contributed by atoms with Crippen molar-refractivity contribution in [2.24, 2.45) is 0 Å². The Morgan fingerprint density at radius 1 is 1.29 bits per heavy atom. The van der Waals surface area contributed by atoms with E-state index < -0.39 is 15.1 Å². The molecule has 0 radical (unpaired) electrons. The number of hydrogen-bond donors (Lipinski definition) is 0. The van der Waals surface area contributed by atoms with E-state index in [0.717, 1.165) is 5.56 Å². The second-order valence-corrected chi connectivity index (χ2v) is 6.41. The quantitative estimate of drug-likeness (QED) is 0.786. The lowest BCUT2D eigenvalue weighted by Crippen LogP contribution is -2.14. The summed E-state index contributed by atoms with van der Waals surface area (Å²) in [7, 11) is -3.26. The van der Waals surface area contributed by atoms with Crippen LogP contribution in [0.2, 0.25) is 5.02 Å². The van der Waals surface area contributed by atoms with Gasteiger partial charge in [-0.1, -0.05) is 17.7 Å². The van der Waals surface area contributed by atoms with E-state index in [2.05, 4.69) is 0 Å². The summed E-state index contributed by atoms with van der Waals surface area (Å²) in [6.07, 6.45) is 0. The highest BCUT2D eigenvalue weighted by atomic mass is 35.5. The van der Waals surface area contributed by atoms with Gasteiger partial charge in [0.05, 0.1) is 15.2 Å². The van der Waals surface area contributed by atoms with E-state index >= 15 is 0 Å². The molecule has 0 aromatic heterocycles. The molecule has 1 aromatic rings. The van der Waals surface area contributed by atoms with Crippen LogP contribution < -0.4 is 0 Å². The summed E-state index contributed by atoms with van der Waals surface area (Å²) >= 11 is 5.88. The molecule has 78 valence electrons. The molecule has 0 saturated carbocycles. The Bertz CT molecular complexity index is 435. The van der Waals surface area contributed by atoms with Crippen LogP contribution in [0.4, 0.5) is 0 Å². The molecule has 4 heteroatoms. The third-order valence-electron chi connectivity index (χ3n) is 2.01. The van der Waals surface area contributed by atoms with Gasteiger partial charge in [-0.2, -0.15) is 0 Å². The molecule has 0 aliphatic rings. The van der Waals surface area contributed by atoms with Crippen LogP contribution in [0.3, 0.4) is 0 Å². The summed E-state index contributed by atoms with van der Waals surface area (Å²) < 4.78 is 23.6. The van der Waals surface area contributed by atoms with E-state index in [1.54, 1.807) is 32.0 Å². The summed E-state index contributed by atoms with van der Waals surface area (Å²) in [6, 6.07) is 4.98. The summed E-state index contributed by atoms with van der Waals surface area (Å²) in [5.41, 5.74) is 0.956. The lowest BCUT2D eigenvalue weighted by Gasteiger charge is -2.09. The number of halogens is 1. The maximum absolute atomic E-state index is 11.8. The molecule has 0 aliphatic carbocycles. The molecule has 0 saturated heterocycles. The van der Waals surface area contributed by atoms with Gasteiger partial charge in [0.1, 0.15) is 0 Å². The van der Waals surface area contributed by atoms with E-state index in [1.165, 1.54) is 0 Å². The monoisotopic (exact) mass is 232 g/mol. The van der Waals surface area contributed by atoms with E-state index in [-0.39, 0.29) is 4.90 Å². The predicted molar refractivity (Wildman–Crippen MR) is 58.5 cm³/mol. The molecule has 0 unspecified atom stereocenters. The van der Waals surface area contributed by atoms with Crippen molar-refractivity contribution in [2.45, 2.75) is 30.9 Å². The average molecular weight is 233 g/mol. The molecule has 0 amide bonds. The average Bonchev–Trinajstić information content (AvgIpc) is 2.02. The SMILES string of the molecule is Cc1ccc(S(=O)(=O)C(C)C)c(Cl)c1. The van der Waals surface area contributed by atoms with Gasteiger partial charge in [0.15, 0.2) is 9.84 Å². The second kappa shape index (κ2) is 3.91. The van der Waals surface area contributed by atoms with Crippen LogP contribution in [0.1, 0.15) is 19.4 Å². The van der Waals surface area contributed by atoms with Gasteiger partial charge < -0.3 is 0 Å². The van der Waals surface area contributed by atoms with Crippen molar-refractivity contribution in [3.05, 3.63) is 28.8 Å². The van der Waals surface area contributed by atoms with Crippen molar-refractivity contribution in [1.29, 1.82) is 0 Å². The Labute approximate surface area is 89.8 Å². The number of benzene rings is 1. The third-order valence-corrected chi connectivity index (χ3v) is 4.65. The first kappa shape index (κ1) is 11.5. The Hall–Kier alpha value is -0.540. The lowest BCUT2D eigenvalue weighted by atomic mass is 10.2. The molecule has 0 fully saturated rings. The topological polar surface area (TPSA) is 34.1 Å². The fourth-order valence-corrected chi connectivity index (χ4v) is 2.74. The van der Waals surface area contributed by atoms with Crippen molar-refractivity contribution >= 4 is 21.4 Å². The fourth-order valence-electron chi connectivity index (χ4n) is 1.09. The zero-order chi connectivity index (χ0) is 10.9. The zero-order valence-corrected chi connectivity index (χ0v) is 9.98. The molecule has 0 bridgehead atoms. The molecular weight excluding hydrogens is 220 g/mol. The Morgan fingerprint density at radius 2 is 1.86 bits per heavy atom. The molecule has 0 atom stereocenters. The third kappa shape index (κ3) is 2.10. The molecule has 0 N–H and O–H groups in total. The van der Waals surface area contributed by atoms with Crippen molar-refractivity contribution in [2.75, 3.05) is 0 Å². The minimum absolute atomic E-state index is 0.222. The predicted octanol–water partition coefficient (Wildman–Crippen LogP) is 2.83. The Morgan fingerprint density at radius 3 is 2.29 bits per heavy atom. The summed E-state index contributed by atoms with van der Waals surface area (Å²) in [4.78, 5) is 0.222. The van der Waals surface area contributed by atoms with Gasteiger partial charge in [-0.25, -0.2) is 8.42 Å². The Balaban J connectivity index is 3.35. The maximum atomic E-state index is 11.8. The van der Waals surface area contributed by atoms with Gasteiger partial charge in [-0.15, -0.1) is 0 Å². The minimum Gasteiger partial charge on any atom is -0.223 e. The molecule has 0 aliphatic heterocycles. The van der Waals surface area contributed by atoms with E-state index in [0.29, 0.717) is 5.02 Å². The van der Waals surface area contributed by atoms with Crippen molar-refractivity contribution < 1.29 is 8.42 Å². The number of hydrogen-bond acceptors (Lipinski definition) is 2. The number of sulfone groups is 1. The van der Waals surface area contributed by atoms with Crippen LogP contribution in [0, 0.1) is 6.92 Å². The molecule has 0 heterocycles. The summed E-state index contributed by atoms with van der Waals surface area (Å²) in [6.45, 7) is 5.16. The highest BCUT2D eigenvalue weighted by molar-refractivity contribution is 7.92. The molecule has 1 aromatic carbocycles. The normalized spacial score (nSPS) is 12.1. The summed E-state index contributed by atoms with van der Waals surface area (Å²) in [5, 5.41) is -0.138. The molecular formula is C10H13ClO2S. The van der Waals surface area contributed by atoms with Gasteiger partial charge in [0.25, 0.3) is 0 Å². The minimum atomic E-state index is -3.26. The van der Waals surface area contributed by atoms with Crippen LogP contribution in [0.25, 0.3) is 0 Å². The first-order chi connectivity index (χ1) is 6.35. The molecule has 2 nitrogen and oxygen atoms in total. The fraction of sp³-hybridized carbons (Fsp3) is 0.400. The van der Waals surface area contributed by atoms with E-state index in [1.807, 2.05) is 6.92 Å². The standard InChI is InChI=1S/C10H13ClO2S/c1-7(2)14(12,13)10-5-4-8(3)6-9(10)11/h4-7H,1-3H3. The number of rotatable bonds is 2. The highest BCUT2D eigenvalue weighted by Crippen LogP contribution is 2.25. The van der Waals surface area contributed by atoms with E-state index in [4.69, 9.17) is 11.6 Å². The second-order valence-electron chi connectivity index (χ2n) is 3.53. The molecule has 1 rings (SSSR count). The summed E-state index contributed by atoms with van der Waals surface area (Å²) in [5.74, 6) is 0. The molecule has 14 heavy (non-hydrogen) atoms. The van der Waals surface area contributed by atoms with Crippen LogP contribution in [0.5, 0.6) is 0 Å². The molecule has 0 spiro atoms. The van der Waals surface area contributed by atoms with E-state index in [9.17, 15) is 8.42 Å². The van der Waals surface area contributed by atoms with Crippen LogP contribution in [-0.2, 0) is 9.84 Å². The largest absolute Gasteiger partial charge is 0.223 e. The first-order valence-corrected chi connectivity index (χ1v) is 6.28. The van der Waals surface area contributed by atoms with Gasteiger partial charge >= 0.3 is 0 Å². The number of aryl methyl sites for hydroxylation is 1. The van der Waals surface area contributed by atoms with Gasteiger partial charge in [-0.3, -0.25) is 0 Å². The Kier molecular flexibility index (Phi) is 3.22. The maximum Gasteiger partial charge on any atom is 0.182 e. The first-order valence-electron chi connectivity index (χ1n) is 4.35.